The second-order valence-electron chi connectivity index (χ2n) is 8.87. The third kappa shape index (κ3) is 7.80. The van der Waals surface area contributed by atoms with E-state index in [-0.39, 0.29) is 30.5 Å². The largest absolute Gasteiger partial charge is 0.507 e. The molecule has 0 aliphatic rings. The minimum absolute atomic E-state index is 0.00342. The van der Waals surface area contributed by atoms with Crippen molar-refractivity contribution in [3.63, 3.8) is 0 Å². The number of carbonyl (C=O) groups is 1. The van der Waals surface area contributed by atoms with Gasteiger partial charge in [-0.15, -0.1) is 0 Å². The van der Waals surface area contributed by atoms with E-state index in [0.29, 0.717) is 35.2 Å². The molecule has 0 radical (unpaired) electrons. The third-order valence-corrected chi connectivity index (χ3v) is 6.02. The Bertz CT molecular complexity index is 1440. The van der Waals surface area contributed by atoms with E-state index in [4.69, 9.17) is 28.4 Å². The number of carbonyl (C=O) groups excluding carboxylic acids is 1. The van der Waals surface area contributed by atoms with Crippen LogP contribution in [0.25, 0.3) is 6.08 Å². The highest BCUT2D eigenvalue weighted by Gasteiger charge is 2.19. The molecule has 1 N–H and O–H groups in total. The first-order chi connectivity index (χ1) is 20.0. The Morgan fingerprint density at radius 1 is 0.732 bits per heavy atom. The number of hydrogen-bond acceptors (Lipinski definition) is 8. The highest BCUT2D eigenvalue weighted by Crippen LogP contribution is 2.40. The molecule has 4 rings (SSSR count). The van der Waals surface area contributed by atoms with Gasteiger partial charge in [0.15, 0.2) is 24.1 Å². The number of ether oxygens (including phenoxy) is 6. The minimum atomic E-state index is -0.466. The van der Waals surface area contributed by atoms with Crippen molar-refractivity contribution in [1.82, 2.24) is 0 Å². The zero-order valence-corrected chi connectivity index (χ0v) is 23.2. The molecule has 4 aromatic carbocycles. The van der Waals surface area contributed by atoms with Gasteiger partial charge in [-0.1, -0.05) is 66.7 Å². The van der Waals surface area contributed by atoms with Crippen LogP contribution in [-0.2, 0) is 18.0 Å². The summed E-state index contributed by atoms with van der Waals surface area (Å²) in [6.07, 6.45) is 2.95. The van der Waals surface area contributed by atoms with Gasteiger partial charge in [-0.3, -0.25) is 4.79 Å². The fraction of sp³-hybridized carbons (Fsp3) is 0.182. The summed E-state index contributed by atoms with van der Waals surface area (Å²) in [6.45, 7) is 0.493. The van der Waals surface area contributed by atoms with Crippen molar-refractivity contribution in [2.75, 3.05) is 28.1 Å². The smallest absolute Gasteiger partial charge is 0.203 e. The van der Waals surface area contributed by atoms with Crippen LogP contribution in [0.1, 0.15) is 27.0 Å². The molecule has 212 valence electrons. The van der Waals surface area contributed by atoms with Crippen molar-refractivity contribution in [3.05, 3.63) is 113 Å². The lowest BCUT2D eigenvalue weighted by Gasteiger charge is -2.16. The zero-order chi connectivity index (χ0) is 29.0. The van der Waals surface area contributed by atoms with E-state index in [2.05, 4.69) is 0 Å². The van der Waals surface area contributed by atoms with Gasteiger partial charge in [-0.25, -0.2) is 0 Å². The fourth-order valence-corrected chi connectivity index (χ4v) is 4.01. The first kappa shape index (κ1) is 29.0. The lowest BCUT2D eigenvalue weighted by molar-refractivity contribution is 0.0507. The number of hydrogen-bond donors (Lipinski definition) is 1. The Balaban J connectivity index is 1.59. The van der Waals surface area contributed by atoms with Gasteiger partial charge < -0.3 is 33.5 Å². The Kier molecular flexibility index (Phi) is 10.2. The summed E-state index contributed by atoms with van der Waals surface area (Å²) in [4.78, 5) is 13.4. The highest BCUT2D eigenvalue weighted by molar-refractivity contribution is 6.10. The molecule has 0 heterocycles. The van der Waals surface area contributed by atoms with Gasteiger partial charge >= 0.3 is 0 Å². The van der Waals surface area contributed by atoms with Crippen molar-refractivity contribution < 1.29 is 38.3 Å². The number of aromatic hydroxyl groups is 1. The van der Waals surface area contributed by atoms with Crippen LogP contribution in [0.5, 0.6) is 34.5 Å². The van der Waals surface area contributed by atoms with Crippen LogP contribution >= 0.6 is 0 Å². The van der Waals surface area contributed by atoms with Crippen molar-refractivity contribution >= 4 is 11.9 Å². The predicted molar refractivity (Wildman–Crippen MR) is 155 cm³/mol. The molecule has 41 heavy (non-hydrogen) atoms. The van der Waals surface area contributed by atoms with E-state index in [1.54, 1.807) is 24.3 Å². The lowest BCUT2D eigenvalue weighted by Crippen LogP contribution is -2.05. The molecule has 0 aliphatic heterocycles. The number of phenolic OH excluding ortho intramolecular Hbond substituents is 1. The van der Waals surface area contributed by atoms with Crippen LogP contribution in [0.3, 0.4) is 0 Å². The molecule has 0 fully saturated rings. The average Bonchev–Trinajstić information content (AvgIpc) is 3.01. The van der Waals surface area contributed by atoms with Crippen molar-refractivity contribution in [3.8, 4) is 34.5 Å². The van der Waals surface area contributed by atoms with Crippen LogP contribution in [0.15, 0.2) is 91.0 Å². The maximum absolute atomic E-state index is 13.4. The van der Waals surface area contributed by atoms with Gasteiger partial charge in [0.25, 0.3) is 0 Å². The van der Waals surface area contributed by atoms with Gasteiger partial charge in [0, 0.05) is 19.2 Å². The molecule has 0 saturated carbocycles. The minimum Gasteiger partial charge on any atom is -0.507 e. The molecule has 8 heteroatoms. The molecule has 0 atom stereocenters. The first-order valence-corrected chi connectivity index (χ1v) is 12.8. The van der Waals surface area contributed by atoms with E-state index in [1.807, 2.05) is 60.7 Å². The predicted octanol–water partition coefficient (Wildman–Crippen LogP) is 6.45. The lowest BCUT2D eigenvalue weighted by atomic mass is 10.1. The molecule has 8 nitrogen and oxygen atoms in total. The van der Waals surface area contributed by atoms with E-state index < -0.39 is 5.78 Å². The molecule has 0 aliphatic carbocycles. The number of rotatable bonds is 14. The summed E-state index contributed by atoms with van der Waals surface area (Å²) in [5.41, 5.74) is 2.53. The second-order valence-corrected chi connectivity index (χ2v) is 8.87. The molecular weight excluding hydrogens is 524 g/mol. The Morgan fingerprint density at radius 2 is 1.32 bits per heavy atom. The molecule has 0 amide bonds. The summed E-state index contributed by atoms with van der Waals surface area (Å²) >= 11 is 0. The Hall–Kier alpha value is -4.95. The summed E-state index contributed by atoms with van der Waals surface area (Å²) < 4.78 is 33.5. The summed E-state index contributed by atoms with van der Waals surface area (Å²) in [7, 11) is 4.55. The van der Waals surface area contributed by atoms with Gasteiger partial charge in [0.05, 0.1) is 14.2 Å². The average molecular weight is 557 g/mol. The van der Waals surface area contributed by atoms with Crippen LogP contribution < -0.4 is 23.7 Å². The number of benzene rings is 4. The highest BCUT2D eigenvalue weighted by atomic mass is 16.7. The Labute approximate surface area is 239 Å². The van der Waals surface area contributed by atoms with Crippen molar-refractivity contribution in [2.45, 2.75) is 13.2 Å². The number of allylic oxidation sites excluding steroid dienone is 1. The van der Waals surface area contributed by atoms with Crippen LogP contribution in [0.4, 0.5) is 0 Å². The molecule has 0 bridgehead atoms. The molecule has 4 aromatic rings. The number of phenols is 1. The summed E-state index contributed by atoms with van der Waals surface area (Å²) in [6, 6.07) is 25.6. The topological polar surface area (TPSA) is 92.7 Å². The SMILES string of the molecule is COCOc1cc(O)c(C(=O)C=Cc2cc(OC)c(OCc3ccccc3)c(OC)c2)c(OCc2ccccc2)c1. The van der Waals surface area contributed by atoms with Gasteiger partial charge in [-0.05, 0) is 34.9 Å². The molecule has 0 spiro atoms. The van der Waals surface area contributed by atoms with Gasteiger partial charge in [-0.2, -0.15) is 0 Å². The normalized spacial score (nSPS) is 10.8. The monoisotopic (exact) mass is 556 g/mol. The molecule has 0 unspecified atom stereocenters. The summed E-state index contributed by atoms with van der Waals surface area (Å²) in [5, 5.41) is 10.8. The standard InChI is InChI=1S/C33H32O8/c1-36-22-41-26-18-28(35)32(29(19-26)39-20-23-10-6-4-7-11-23)27(34)15-14-25-16-30(37-2)33(31(17-25)38-3)40-21-24-12-8-5-9-13-24/h4-19,35H,20-22H2,1-3H3. The van der Waals surface area contributed by atoms with Crippen molar-refractivity contribution in [2.24, 2.45) is 0 Å². The van der Waals surface area contributed by atoms with E-state index in [1.165, 1.54) is 33.5 Å². The van der Waals surface area contributed by atoms with Crippen molar-refractivity contribution in [1.29, 1.82) is 0 Å². The van der Waals surface area contributed by atoms with Gasteiger partial charge in [0.1, 0.15) is 36.0 Å². The Morgan fingerprint density at radius 3 is 1.88 bits per heavy atom. The fourth-order valence-electron chi connectivity index (χ4n) is 4.01. The van der Waals surface area contributed by atoms with E-state index in [0.717, 1.165) is 11.1 Å². The molecular formula is C33H32O8. The van der Waals surface area contributed by atoms with E-state index in [9.17, 15) is 9.90 Å². The van der Waals surface area contributed by atoms with E-state index >= 15 is 0 Å². The second kappa shape index (κ2) is 14.4. The maximum Gasteiger partial charge on any atom is 0.203 e. The molecule has 0 saturated heterocycles. The maximum atomic E-state index is 13.4. The van der Waals surface area contributed by atoms with Crippen LogP contribution in [0.2, 0.25) is 0 Å². The zero-order valence-electron chi connectivity index (χ0n) is 23.2. The number of methoxy groups -OCH3 is 3. The molecule has 0 aromatic heterocycles. The van der Waals surface area contributed by atoms with Crippen LogP contribution in [-0.4, -0.2) is 39.0 Å². The first-order valence-electron chi connectivity index (χ1n) is 12.8. The third-order valence-electron chi connectivity index (χ3n) is 6.02. The quantitative estimate of drug-likeness (QED) is 0.108. The van der Waals surface area contributed by atoms with Crippen LogP contribution in [0, 0.1) is 0 Å². The summed E-state index contributed by atoms with van der Waals surface area (Å²) in [5.74, 6) is 1.07. The number of ketones is 1. The van der Waals surface area contributed by atoms with Gasteiger partial charge in [0.2, 0.25) is 5.75 Å².